The highest BCUT2D eigenvalue weighted by Crippen LogP contribution is 2.42. The Labute approximate surface area is 105 Å². The minimum Gasteiger partial charge on any atom is -0.493 e. The van der Waals surface area contributed by atoms with Crippen LogP contribution in [0.4, 0.5) is 0 Å². The minimum atomic E-state index is -0.139. The van der Waals surface area contributed by atoms with Gasteiger partial charge in [-0.2, -0.15) is 0 Å². The molecule has 0 atom stereocenters. The van der Waals surface area contributed by atoms with Crippen molar-refractivity contribution in [1.82, 2.24) is 0 Å². The van der Waals surface area contributed by atoms with Crippen LogP contribution in [0.5, 0.6) is 5.75 Å². The van der Waals surface area contributed by atoms with Crippen LogP contribution in [0.15, 0.2) is 24.3 Å². The first kappa shape index (κ1) is 11.2. The SMILES string of the molecule is CC1(C)CCOc2ccc3c(c21)C(=O)C=CC3=O. The highest BCUT2D eigenvalue weighted by molar-refractivity contribution is 6.23. The second kappa shape index (κ2) is 3.55. The fourth-order valence-corrected chi connectivity index (χ4v) is 2.70. The van der Waals surface area contributed by atoms with Gasteiger partial charge in [0.1, 0.15) is 5.75 Å². The minimum absolute atomic E-state index is 0.0972. The van der Waals surface area contributed by atoms with Gasteiger partial charge in [-0.05, 0) is 36.1 Å². The van der Waals surface area contributed by atoms with E-state index in [-0.39, 0.29) is 17.0 Å². The summed E-state index contributed by atoms with van der Waals surface area (Å²) in [4.78, 5) is 23.9. The molecule has 0 spiro atoms. The van der Waals surface area contributed by atoms with Gasteiger partial charge in [0.2, 0.25) is 0 Å². The lowest BCUT2D eigenvalue weighted by Gasteiger charge is -2.35. The van der Waals surface area contributed by atoms with Crippen molar-refractivity contribution < 1.29 is 14.3 Å². The van der Waals surface area contributed by atoms with Crippen molar-refractivity contribution in [3.8, 4) is 5.75 Å². The Bertz CT molecular complexity index is 594. The van der Waals surface area contributed by atoms with Crippen LogP contribution in [0.2, 0.25) is 0 Å². The second-order valence-corrected chi connectivity index (χ2v) is 5.41. The van der Waals surface area contributed by atoms with E-state index in [2.05, 4.69) is 13.8 Å². The Morgan fingerprint density at radius 2 is 1.83 bits per heavy atom. The first-order valence-electron chi connectivity index (χ1n) is 6.08. The molecule has 3 heteroatoms. The van der Waals surface area contributed by atoms with Gasteiger partial charge in [-0.15, -0.1) is 0 Å². The van der Waals surface area contributed by atoms with Gasteiger partial charge < -0.3 is 4.74 Å². The molecule has 3 nitrogen and oxygen atoms in total. The molecule has 92 valence electrons. The molecule has 0 saturated heterocycles. The first-order chi connectivity index (χ1) is 8.50. The lowest BCUT2D eigenvalue weighted by molar-refractivity contribution is 0.0990. The van der Waals surface area contributed by atoms with Crippen molar-refractivity contribution in [3.05, 3.63) is 41.0 Å². The lowest BCUT2D eigenvalue weighted by atomic mass is 9.74. The van der Waals surface area contributed by atoms with Gasteiger partial charge >= 0.3 is 0 Å². The normalized spacial score (nSPS) is 20.1. The predicted molar refractivity (Wildman–Crippen MR) is 67.4 cm³/mol. The summed E-state index contributed by atoms with van der Waals surface area (Å²) in [5.41, 5.74) is 1.78. The number of hydrogen-bond donors (Lipinski definition) is 0. The van der Waals surface area contributed by atoms with Crippen LogP contribution in [0.1, 0.15) is 46.5 Å². The van der Waals surface area contributed by atoms with Crippen molar-refractivity contribution in [2.75, 3.05) is 6.61 Å². The molecule has 0 saturated carbocycles. The third-order valence-electron chi connectivity index (χ3n) is 3.73. The molecule has 18 heavy (non-hydrogen) atoms. The topological polar surface area (TPSA) is 43.4 Å². The standard InChI is InChI=1S/C15H14O3/c1-15(2)7-8-18-12-6-3-9-10(16)4-5-11(17)13(9)14(12)15/h3-6H,7-8H2,1-2H3. The Kier molecular flexibility index (Phi) is 2.21. The third kappa shape index (κ3) is 1.43. The maximum atomic E-state index is 12.1. The van der Waals surface area contributed by atoms with Gasteiger partial charge in [0, 0.05) is 16.7 Å². The second-order valence-electron chi connectivity index (χ2n) is 5.41. The average Bonchev–Trinajstić information content (AvgIpc) is 2.33. The van der Waals surface area contributed by atoms with Gasteiger partial charge in [0.25, 0.3) is 0 Å². The summed E-state index contributed by atoms with van der Waals surface area (Å²) in [5, 5.41) is 0. The van der Waals surface area contributed by atoms with Gasteiger partial charge in [0.05, 0.1) is 6.61 Å². The molecule has 1 aromatic carbocycles. The Hall–Kier alpha value is -1.90. The lowest BCUT2D eigenvalue weighted by Crippen LogP contribution is -2.30. The molecule has 0 bridgehead atoms. The third-order valence-corrected chi connectivity index (χ3v) is 3.73. The van der Waals surface area contributed by atoms with Gasteiger partial charge in [-0.25, -0.2) is 0 Å². The molecule has 1 heterocycles. The number of carbonyl (C=O) groups is 2. The molecule has 0 N–H and O–H groups in total. The monoisotopic (exact) mass is 242 g/mol. The van der Waals surface area contributed by atoms with E-state index in [1.54, 1.807) is 12.1 Å². The van der Waals surface area contributed by atoms with E-state index in [4.69, 9.17) is 4.74 Å². The van der Waals surface area contributed by atoms with Crippen molar-refractivity contribution in [2.45, 2.75) is 25.7 Å². The van der Waals surface area contributed by atoms with E-state index in [9.17, 15) is 9.59 Å². The quantitative estimate of drug-likeness (QED) is 0.702. The predicted octanol–water partition coefficient (Wildman–Crippen LogP) is 2.68. The summed E-state index contributed by atoms with van der Waals surface area (Å²) < 4.78 is 5.62. The zero-order valence-corrected chi connectivity index (χ0v) is 10.4. The number of ether oxygens (including phenoxy) is 1. The smallest absolute Gasteiger partial charge is 0.187 e. The molecule has 3 rings (SSSR count). The summed E-state index contributed by atoms with van der Waals surface area (Å²) in [6, 6.07) is 3.50. The fourth-order valence-electron chi connectivity index (χ4n) is 2.70. The van der Waals surface area contributed by atoms with Gasteiger partial charge in [0.15, 0.2) is 11.6 Å². The number of rotatable bonds is 0. The van der Waals surface area contributed by atoms with Crippen LogP contribution in [0.3, 0.4) is 0 Å². The molecule has 1 aromatic rings. The summed E-state index contributed by atoms with van der Waals surface area (Å²) >= 11 is 0. The zero-order valence-electron chi connectivity index (χ0n) is 10.4. The molecule has 0 radical (unpaired) electrons. The number of allylic oxidation sites excluding steroid dienone is 2. The summed E-state index contributed by atoms with van der Waals surface area (Å²) in [6.07, 6.45) is 3.55. The Balaban J connectivity index is 2.35. The van der Waals surface area contributed by atoms with Crippen molar-refractivity contribution in [1.29, 1.82) is 0 Å². The zero-order chi connectivity index (χ0) is 12.9. The van der Waals surface area contributed by atoms with E-state index >= 15 is 0 Å². The molecule has 0 aromatic heterocycles. The number of ketones is 2. The van der Waals surface area contributed by atoms with Crippen LogP contribution < -0.4 is 4.74 Å². The number of hydrogen-bond acceptors (Lipinski definition) is 3. The molecule has 0 fully saturated rings. The van der Waals surface area contributed by atoms with Crippen molar-refractivity contribution in [3.63, 3.8) is 0 Å². The van der Waals surface area contributed by atoms with E-state index in [1.165, 1.54) is 12.2 Å². The van der Waals surface area contributed by atoms with E-state index in [0.717, 1.165) is 17.7 Å². The Morgan fingerprint density at radius 1 is 1.11 bits per heavy atom. The maximum Gasteiger partial charge on any atom is 0.187 e. The molecule has 0 unspecified atom stereocenters. The molecule has 1 aliphatic carbocycles. The molecular weight excluding hydrogens is 228 g/mol. The average molecular weight is 242 g/mol. The first-order valence-corrected chi connectivity index (χ1v) is 6.08. The highest BCUT2D eigenvalue weighted by atomic mass is 16.5. The fraction of sp³-hybridized carbons (Fsp3) is 0.333. The van der Waals surface area contributed by atoms with E-state index < -0.39 is 0 Å². The van der Waals surface area contributed by atoms with Crippen molar-refractivity contribution in [2.24, 2.45) is 0 Å². The number of fused-ring (bicyclic) bond motifs is 3. The summed E-state index contributed by atoms with van der Waals surface area (Å²) in [7, 11) is 0. The maximum absolute atomic E-state index is 12.1. The van der Waals surface area contributed by atoms with Gasteiger partial charge in [-0.1, -0.05) is 13.8 Å². The largest absolute Gasteiger partial charge is 0.493 e. The van der Waals surface area contributed by atoms with E-state index in [0.29, 0.717) is 17.7 Å². The molecule has 0 amide bonds. The summed E-state index contributed by atoms with van der Waals surface area (Å²) in [6.45, 7) is 4.83. The Morgan fingerprint density at radius 3 is 2.61 bits per heavy atom. The summed E-state index contributed by atoms with van der Waals surface area (Å²) in [5.74, 6) is 0.537. The molecular formula is C15H14O3. The highest BCUT2D eigenvalue weighted by Gasteiger charge is 2.36. The number of carbonyl (C=O) groups excluding carboxylic acids is 2. The van der Waals surface area contributed by atoms with Gasteiger partial charge in [-0.3, -0.25) is 9.59 Å². The van der Waals surface area contributed by atoms with Crippen LogP contribution in [0, 0.1) is 0 Å². The van der Waals surface area contributed by atoms with E-state index in [1.807, 2.05) is 0 Å². The van der Waals surface area contributed by atoms with Crippen molar-refractivity contribution >= 4 is 11.6 Å². The van der Waals surface area contributed by atoms with Crippen LogP contribution >= 0.6 is 0 Å². The van der Waals surface area contributed by atoms with Crippen LogP contribution in [-0.4, -0.2) is 18.2 Å². The molecule has 1 aliphatic heterocycles. The van der Waals surface area contributed by atoms with Crippen LogP contribution in [-0.2, 0) is 5.41 Å². The van der Waals surface area contributed by atoms with Crippen LogP contribution in [0.25, 0.3) is 0 Å². The number of benzene rings is 1. The molecule has 2 aliphatic rings.